The first-order chi connectivity index (χ1) is 13.8. The quantitative estimate of drug-likeness (QED) is 0.192. The molecule has 0 aromatic heterocycles. The molecule has 0 saturated carbocycles. The molecule has 1 N–H and O–H groups in total. The Hall–Kier alpha value is -0.240. The maximum Gasteiger partial charge on any atom is 0.0701 e. The zero-order valence-electron chi connectivity index (χ0n) is 18.7. The highest BCUT2D eigenvalue weighted by Crippen LogP contribution is 2.11. The van der Waals surface area contributed by atoms with Gasteiger partial charge in [0, 0.05) is 13.6 Å². The molecular weight excluding hydrogens is 358 g/mol. The van der Waals surface area contributed by atoms with E-state index in [1.807, 2.05) is 12.1 Å². The Bertz CT molecular complexity index is 282. The number of aliphatic hydroxyl groups excluding tert-OH is 1. The molecule has 6 nitrogen and oxygen atoms in total. The van der Waals surface area contributed by atoms with Crippen molar-refractivity contribution in [3.63, 3.8) is 0 Å². The average Bonchev–Trinajstić information content (AvgIpc) is 2.70. The van der Waals surface area contributed by atoms with E-state index in [1.54, 1.807) is 0 Å². The molecule has 0 bridgehead atoms. The van der Waals surface area contributed by atoms with Gasteiger partial charge < -0.3 is 19.3 Å². The van der Waals surface area contributed by atoms with Crippen LogP contribution in [-0.4, -0.2) is 76.6 Å². The largest absolute Gasteiger partial charge is 0.394 e. The fourth-order valence-corrected chi connectivity index (χ4v) is 2.85. The van der Waals surface area contributed by atoms with Crippen LogP contribution in [0.1, 0.15) is 77.6 Å². The number of hydrogen-bond acceptors (Lipinski definition) is 6. The third kappa shape index (κ3) is 23.8. The second-order valence-corrected chi connectivity index (χ2v) is 7.28. The molecule has 0 atom stereocenters. The SMILES string of the molecule is CCCCCCCCCCCCCON(C)CCOCCOCCOCCO. The van der Waals surface area contributed by atoms with Gasteiger partial charge in [-0.3, -0.25) is 4.84 Å². The fraction of sp³-hybridized carbons (Fsp3) is 1.00. The van der Waals surface area contributed by atoms with Gasteiger partial charge in [0.15, 0.2) is 0 Å². The molecule has 0 aliphatic heterocycles. The van der Waals surface area contributed by atoms with Gasteiger partial charge in [0.05, 0.1) is 52.9 Å². The minimum Gasteiger partial charge on any atom is -0.394 e. The topological polar surface area (TPSA) is 60.4 Å². The molecule has 0 aliphatic carbocycles. The van der Waals surface area contributed by atoms with Crippen molar-refractivity contribution in [2.75, 3.05) is 66.4 Å². The molecule has 28 heavy (non-hydrogen) atoms. The van der Waals surface area contributed by atoms with Crippen molar-refractivity contribution in [3.05, 3.63) is 0 Å². The molecule has 0 spiro atoms. The minimum absolute atomic E-state index is 0.0535. The van der Waals surface area contributed by atoms with Crippen LogP contribution in [0, 0.1) is 0 Å². The Morgan fingerprint density at radius 1 is 0.571 bits per heavy atom. The summed E-state index contributed by atoms with van der Waals surface area (Å²) in [7, 11) is 1.96. The second kappa shape index (κ2) is 24.8. The van der Waals surface area contributed by atoms with Crippen molar-refractivity contribution < 1.29 is 24.2 Å². The first kappa shape index (κ1) is 27.8. The van der Waals surface area contributed by atoms with Crippen LogP contribution in [0.2, 0.25) is 0 Å². The van der Waals surface area contributed by atoms with Crippen molar-refractivity contribution in [1.82, 2.24) is 5.06 Å². The molecule has 0 rings (SSSR count). The Balaban J connectivity index is 3.12. The van der Waals surface area contributed by atoms with E-state index in [2.05, 4.69) is 6.92 Å². The Kier molecular flexibility index (Phi) is 24.6. The van der Waals surface area contributed by atoms with Gasteiger partial charge in [-0.05, 0) is 6.42 Å². The van der Waals surface area contributed by atoms with Crippen molar-refractivity contribution >= 4 is 0 Å². The Labute approximate surface area is 173 Å². The van der Waals surface area contributed by atoms with Gasteiger partial charge in [0.25, 0.3) is 0 Å². The molecule has 170 valence electrons. The lowest BCUT2D eigenvalue weighted by molar-refractivity contribution is -0.149. The lowest BCUT2D eigenvalue weighted by atomic mass is 10.1. The first-order valence-electron chi connectivity index (χ1n) is 11.5. The predicted octanol–water partition coefficient (Wildman–Crippen LogP) is 4.20. The van der Waals surface area contributed by atoms with Crippen LogP contribution in [-0.2, 0) is 19.0 Å². The number of nitrogens with zero attached hydrogens (tertiary/aromatic N) is 1. The normalized spacial score (nSPS) is 11.6. The number of likely N-dealkylation sites (N-methyl/N-ethyl adjacent to an activating group) is 1. The van der Waals surface area contributed by atoms with E-state index >= 15 is 0 Å². The number of rotatable bonds is 24. The van der Waals surface area contributed by atoms with Gasteiger partial charge in [-0.2, -0.15) is 5.06 Å². The molecular formula is C22H47NO5. The first-order valence-corrected chi connectivity index (χ1v) is 11.5. The molecule has 0 radical (unpaired) electrons. The summed E-state index contributed by atoms with van der Waals surface area (Å²) >= 11 is 0. The summed E-state index contributed by atoms with van der Waals surface area (Å²) in [6.07, 6.45) is 14.9. The lowest BCUT2D eigenvalue weighted by Crippen LogP contribution is -2.24. The summed E-state index contributed by atoms with van der Waals surface area (Å²) in [5.41, 5.74) is 0. The number of ether oxygens (including phenoxy) is 3. The van der Waals surface area contributed by atoms with Gasteiger partial charge in [-0.15, -0.1) is 0 Å². The van der Waals surface area contributed by atoms with E-state index in [4.69, 9.17) is 24.2 Å². The number of unbranched alkanes of at least 4 members (excludes halogenated alkanes) is 10. The highest BCUT2D eigenvalue weighted by Gasteiger charge is 1.99. The summed E-state index contributed by atoms with van der Waals surface area (Å²) in [6.45, 7) is 7.07. The summed E-state index contributed by atoms with van der Waals surface area (Å²) in [4.78, 5) is 5.69. The van der Waals surface area contributed by atoms with E-state index in [0.29, 0.717) is 39.6 Å². The molecule has 0 aromatic rings. The van der Waals surface area contributed by atoms with E-state index in [-0.39, 0.29) is 6.61 Å². The van der Waals surface area contributed by atoms with Crippen LogP contribution in [0.5, 0.6) is 0 Å². The summed E-state index contributed by atoms with van der Waals surface area (Å²) in [5, 5.41) is 10.4. The van der Waals surface area contributed by atoms with Gasteiger partial charge in [-0.25, -0.2) is 0 Å². The van der Waals surface area contributed by atoms with E-state index in [0.717, 1.165) is 19.6 Å². The molecule has 0 aromatic carbocycles. The average molecular weight is 406 g/mol. The van der Waals surface area contributed by atoms with Gasteiger partial charge >= 0.3 is 0 Å². The van der Waals surface area contributed by atoms with E-state index in [1.165, 1.54) is 64.2 Å². The predicted molar refractivity (Wildman–Crippen MR) is 115 cm³/mol. The van der Waals surface area contributed by atoms with Crippen LogP contribution >= 0.6 is 0 Å². The van der Waals surface area contributed by atoms with Crippen LogP contribution in [0.3, 0.4) is 0 Å². The molecule has 0 aliphatic rings. The lowest BCUT2D eigenvalue weighted by Gasteiger charge is -2.16. The van der Waals surface area contributed by atoms with Crippen molar-refractivity contribution in [3.8, 4) is 0 Å². The maximum absolute atomic E-state index is 8.56. The van der Waals surface area contributed by atoms with E-state index < -0.39 is 0 Å². The van der Waals surface area contributed by atoms with Gasteiger partial charge in [-0.1, -0.05) is 71.1 Å². The minimum atomic E-state index is 0.0535. The van der Waals surface area contributed by atoms with Crippen LogP contribution in [0.4, 0.5) is 0 Å². The number of hydrogen-bond donors (Lipinski definition) is 1. The van der Waals surface area contributed by atoms with E-state index in [9.17, 15) is 0 Å². The van der Waals surface area contributed by atoms with Crippen LogP contribution in [0.25, 0.3) is 0 Å². The molecule has 6 heteroatoms. The third-order valence-electron chi connectivity index (χ3n) is 4.59. The Morgan fingerprint density at radius 3 is 1.57 bits per heavy atom. The molecule has 0 amide bonds. The number of aliphatic hydroxyl groups is 1. The zero-order valence-corrected chi connectivity index (χ0v) is 18.7. The summed E-state index contributed by atoms with van der Waals surface area (Å²) in [6, 6.07) is 0. The number of hydroxylamine groups is 2. The van der Waals surface area contributed by atoms with Crippen molar-refractivity contribution in [2.45, 2.75) is 77.6 Å². The molecule has 0 unspecified atom stereocenters. The molecule has 0 fully saturated rings. The van der Waals surface area contributed by atoms with Crippen molar-refractivity contribution in [2.24, 2.45) is 0 Å². The van der Waals surface area contributed by atoms with Crippen molar-refractivity contribution in [1.29, 1.82) is 0 Å². The van der Waals surface area contributed by atoms with Gasteiger partial charge in [0.2, 0.25) is 0 Å². The van der Waals surface area contributed by atoms with Crippen LogP contribution < -0.4 is 0 Å². The smallest absolute Gasteiger partial charge is 0.0701 e. The fourth-order valence-electron chi connectivity index (χ4n) is 2.85. The third-order valence-corrected chi connectivity index (χ3v) is 4.59. The molecule has 0 heterocycles. The maximum atomic E-state index is 8.56. The summed E-state index contributed by atoms with van der Waals surface area (Å²) in [5.74, 6) is 0. The summed E-state index contributed by atoms with van der Waals surface area (Å²) < 4.78 is 16.0. The standard InChI is InChI=1S/C22H47NO5/c1-3-4-5-6-7-8-9-10-11-12-13-16-28-23(2)14-17-25-19-21-27-22-20-26-18-15-24/h24H,3-22H2,1-2H3. The highest BCUT2D eigenvalue weighted by atomic mass is 16.7. The van der Waals surface area contributed by atoms with Gasteiger partial charge in [0.1, 0.15) is 0 Å². The zero-order chi connectivity index (χ0) is 20.5. The van der Waals surface area contributed by atoms with Crippen LogP contribution in [0.15, 0.2) is 0 Å². The monoisotopic (exact) mass is 405 g/mol. The second-order valence-electron chi connectivity index (χ2n) is 7.28. The molecule has 0 saturated heterocycles. The highest BCUT2D eigenvalue weighted by molar-refractivity contribution is 4.48. The Morgan fingerprint density at radius 2 is 1.04 bits per heavy atom.